The lowest BCUT2D eigenvalue weighted by Gasteiger charge is -2.04. The summed E-state index contributed by atoms with van der Waals surface area (Å²) in [5, 5.41) is 13.2. The molecule has 3 aromatic rings. The molecule has 3 N–H and O–H groups in total. The molecule has 2 aromatic carbocycles. The van der Waals surface area contributed by atoms with Gasteiger partial charge in [0.1, 0.15) is 11.4 Å². The van der Waals surface area contributed by atoms with E-state index in [1.165, 1.54) is 0 Å². The van der Waals surface area contributed by atoms with Gasteiger partial charge in [0, 0.05) is 17.4 Å². The highest BCUT2D eigenvalue weighted by atomic mass is 16.3. The van der Waals surface area contributed by atoms with Crippen molar-refractivity contribution in [2.45, 2.75) is 6.54 Å². The van der Waals surface area contributed by atoms with E-state index in [2.05, 4.69) is 10.3 Å². The smallest absolute Gasteiger partial charge is 0.267 e. The van der Waals surface area contributed by atoms with Crippen LogP contribution in [0.1, 0.15) is 16.1 Å². The number of nitrogens with one attached hydrogen (secondary N) is 2. The number of hydrogen-bond acceptors (Lipinski definition) is 2. The first kappa shape index (κ1) is 12.3. The highest BCUT2D eigenvalue weighted by molar-refractivity contribution is 5.97. The molecule has 0 aliphatic heterocycles. The number of carbonyl (C=O) groups excluding carboxylic acids is 1. The number of phenols is 1. The van der Waals surface area contributed by atoms with Gasteiger partial charge in [-0.1, -0.05) is 30.3 Å². The van der Waals surface area contributed by atoms with Crippen LogP contribution in [0.2, 0.25) is 0 Å². The second-order valence-electron chi connectivity index (χ2n) is 4.62. The van der Waals surface area contributed by atoms with E-state index in [1.54, 1.807) is 18.2 Å². The number of H-pyrrole nitrogens is 1. The molecular weight excluding hydrogens is 252 g/mol. The van der Waals surface area contributed by atoms with Gasteiger partial charge in [0.25, 0.3) is 5.91 Å². The number of para-hydroxylation sites is 1. The molecule has 0 spiro atoms. The standard InChI is InChI=1S/C16H14N2O2/c19-13-6-3-4-11(8-13)10-17-16(20)15-9-12-5-1-2-7-14(12)18-15/h1-9,18-19H,10H2,(H,17,20). The molecule has 100 valence electrons. The molecule has 0 radical (unpaired) electrons. The van der Waals surface area contributed by atoms with Crippen molar-refractivity contribution in [1.82, 2.24) is 10.3 Å². The average molecular weight is 266 g/mol. The fourth-order valence-electron chi connectivity index (χ4n) is 2.14. The Morgan fingerprint density at radius 2 is 1.95 bits per heavy atom. The number of carbonyl (C=O) groups is 1. The predicted molar refractivity (Wildman–Crippen MR) is 77.6 cm³/mol. The van der Waals surface area contributed by atoms with E-state index in [0.717, 1.165) is 16.5 Å². The molecule has 0 saturated heterocycles. The lowest BCUT2D eigenvalue weighted by Crippen LogP contribution is -2.22. The van der Waals surface area contributed by atoms with Gasteiger partial charge in [-0.25, -0.2) is 0 Å². The molecule has 1 aromatic heterocycles. The molecule has 1 heterocycles. The van der Waals surface area contributed by atoms with Crippen LogP contribution in [0.25, 0.3) is 10.9 Å². The zero-order chi connectivity index (χ0) is 13.9. The van der Waals surface area contributed by atoms with Crippen molar-refractivity contribution in [3.63, 3.8) is 0 Å². The SMILES string of the molecule is O=C(NCc1cccc(O)c1)c1cc2ccccc2[nH]1. The van der Waals surface area contributed by atoms with E-state index in [9.17, 15) is 9.90 Å². The van der Waals surface area contributed by atoms with E-state index < -0.39 is 0 Å². The number of aromatic amines is 1. The summed E-state index contributed by atoms with van der Waals surface area (Å²) >= 11 is 0. The number of phenolic OH excluding ortho intramolecular Hbond substituents is 1. The van der Waals surface area contributed by atoms with E-state index >= 15 is 0 Å². The second-order valence-corrected chi connectivity index (χ2v) is 4.62. The monoisotopic (exact) mass is 266 g/mol. The normalized spacial score (nSPS) is 10.6. The third-order valence-electron chi connectivity index (χ3n) is 3.14. The van der Waals surface area contributed by atoms with Crippen molar-refractivity contribution in [2.75, 3.05) is 0 Å². The molecule has 0 atom stereocenters. The van der Waals surface area contributed by atoms with Crippen LogP contribution in [0, 0.1) is 0 Å². The van der Waals surface area contributed by atoms with Crippen LogP contribution < -0.4 is 5.32 Å². The van der Waals surface area contributed by atoms with Crippen molar-refractivity contribution in [2.24, 2.45) is 0 Å². The number of fused-ring (bicyclic) bond motifs is 1. The van der Waals surface area contributed by atoms with Gasteiger partial charge < -0.3 is 15.4 Å². The first-order valence-electron chi connectivity index (χ1n) is 6.36. The van der Waals surface area contributed by atoms with Gasteiger partial charge >= 0.3 is 0 Å². The van der Waals surface area contributed by atoms with E-state index in [0.29, 0.717) is 12.2 Å². The molecule has 20 heavy (non-hydrogen) atoms. The quantitative estimate of drug-likeness (QED) is 0.682. The number of benzene rings is 2. The van der Waals surface area contributed by atoms with Gasteiger partial charge in [0.2, 0.25) is 0 Å². The molecule has 4 nitrogen and oxygen atoms in total. The Morgan fingerprint density at radius 1 is 1.10 bits per heavy atom. The molecule has 0 bridgehead atoms. The van der Waals surface area contributed by atoms with Crippen LogP contribution >= 0.6 is 0 Å². The Labute approximate surface area is 116 Å². The Morgan fingerprint density at radius 3 is 2.75 bits per heavy atom. The molecule has 0 unspecified atom stereocenters. The zero-order valence-corrected chi connectivity index (χ0v) is 10.8. The predicted octanol–water partition coefficient (Wildman–Crippen LogP) is 2.80. The van der Waals surface area contributed by atoms with Gasteiger partial charge in [0.05, 0.1) is 0 Å². The number of hydrogen-bond donors (Lipinski definition) is 3. The Bertz CT molecular complexity index is 729. The van der Waals surface area contributed by atoms with E-state index in [1.807, 2.05) is 36.4 Å². The van der Waals surface area contributed by atoms with Crippen LogP contribution in [-0.2, 0) is 6.54 Å². The molecule has 0 aliphatic carbocycles. The van der Waals surface area contributed by atoms with Crippen LogP contribution in [0.5, 0.6) is 5.75 Å². The fourth-order valence-corrected chi connectivity index (χ4v) is 2.14. The number of aromatic nitrogens is 1. The Hall–Kier alpha value is -2.75. The third-order valence-corrected chi connectivity index (χ3v) is 3.14. The summed E-state index contributed by atoms with van der Waals surface area (Å²) in [7, 11) is 0. The summed E-state index contributed by atoms with van der Waals surface area (Å²) in [5.41, 5.74) is 2.33. The van der Waals surface area contributed by atoms with Gasteiger partial charge in [-0.05, 0) is 29.8 Å². The topological polar surface area (TPSA) is 65.1 Å². The van der Waals surface area contributed by atoms with Gasteiger partial charge in [-0.3, -0.25) is 4.79 Å². The summed E-state index contributed by atoms with van der Waals surface area (Å²) in [5.74, 6) is 0.0342. The molecule has 1 amide bonds. The minimum Gasteiger partial charge on any atom is -0.508 e. The summed E-state index contributed by atoms with van der Waals surface area (Å²) in [6, 6.07) is 16.4. The number of aromatic hydroxyl groups is 1. The van der Waals surface area contributed by atoms with E-state index in [-0.39, 0.29) is 11.7 Å². The number of rotatable bonds is 3. The summed E-state index contributed by atoms with van der Waals surface area (Å²) in [6.07, 6.45) is 0. The Balaban J connectivity index is 1.73. The average Bonchev–Trinajstić information content (AvgIpc) is 2.89. The highest BCUT2D eigenvalue weighted by Crippen LogP contribution is 2.15. The second kappa shape index (κ2) is 5.09. The van der Waals surface area contributed by atoms with Gasteiger partial charge in [-0.2, -0.15) is 0 Å². The molecular formula is C16H14N2O2. The van der Waals surface area contributed by atoms with Crippen LogP contribution in [0.15, 0.2) is 54.6 Å². The molecule has 4 heteroatoms. The van der Waals surface area contributed by atoms with Crippen molar-refractivity contribution in [3.05, 3.63) is 65.9 Å². The maximum absolute atomic E-state index is 12.1. The zero-order valence-electron chi connectivity index (χ0n) is 10.8. The highest BCUT2D eigenvalue weighted by Gasteiger charge is 2.08. The van der Waals surface area contributed by atoms with Crippen LogP contribution in [-0.4, -0.2) is 16.0 Å². The lowest BCUT2D eigenvalue weighted by atomic mass is 10.2. The van der Waals surface area contributed by atoms with Crippen molar-refractivity contribution in [1.29, 1.82) is 0 Å². The van der Waals surface area contributed by atoms with Crippen molar-refractivity contribution < 1.29 is 9.90 Å². The molecule has 3 rings (SSSR count). The minimum atomic E-state index is -0.162. The Kier molecular flexibility index (Phi) is 3.13. The van der Waals surface area contributed by atoms with Gasteiger partial charge in [-0.15, -0.1) is 0 Å². The van der Waals surface area contributed by atoms with Crippen LogP contribution in [0.4, 0.5) is 0 Å². The van der Waals surface area contributed by atoms with Crippen molar-refractivity contribution >= 4 is 16.8 Å². The molecule has 0 saturated carbocycles. The van der Waals surface area contributed by atoms with E-state index in [4.69, 9.17) is 0 Å². The van der Waals surface area contributed by atoms with Crippen LogP contribution in [0.3, 0.4) is 0 Å². The fraction of sp³-hybridized carbons (Fsp3) is 0.0625. The summed E-state index contributed by atoms with van der Waals surface area (Å²) < 4.78 is 0. The largest absolute Gasteiger partial charge is 0.508 e. The van der Waals surface area contributed by atoms with Gasteiger partial charge in [0.15, 0.2) is 0 Å². The summed E-state index contributed by atoms with van der Waals surface area (Å²) in [6.45, 7) is 0.378. The number of amides is 1. The first-order chi connectivity index (χ1) is 9.72. The first-order valence-corrected chi connectivity index (χ1v) is 6.36. The maximum atomic E-state index is 12.1. The maximum Gasteiger partial charge on any atom is 0.267 e. The van der Waals surface area contributed by atoms with Crippen molar-refractivity contribution in [3.8, 4) is 5.75 Å². The molecule has 0 fully saturated rings. The minimum absolute atomic E-state index is 0.162. The lowest BCUT2D eigenvalue weighted by molar-refractivity contribution is 0.0946. The third kappa shape index (κ3) is 2.49. The molecule has 0 aliphatic rings. The summed E-state index contributed by atoms with van der Waals surface area (Å²) in [4.78, 5) is 15.1.